The minimum atomic E-state index is -0.938. The number of hydrazine groups is 1. The predicted molar refractivity (Wildman–Crippen MR) is 88.9 cm³/mol. The monoisotopic (exact) mass is 315 g/mol. The highest BCUT2D eigenvalue weighted by Gasteiger charge is 2.09. The van der Waals surface area contributed by atoms with E-state index in [1.54, 1.807) is 36.4 Å². The van der Waals surface area contributed by atoms with Gasteiger partial charge >= 0.3 is 0 Å². The maximum Gasteiger partial charge on any atom is 0.257 e. The Bertz CT molecular complexity index is 644. The summed E-state index contributed by atoms with van der Waals surface area (Å²) in [7, 11) is 0. The van der Waals surface area contributed by atoms with E-state index < -0.39 is 6.23 Å². The average Bonchev–Trinajstić information content (AvgIpc) is 2.54. The molecule has 1 amide bonds. The van der Waals surface area contributed by atoms with E-state index in [4.69, 9.17) is 12.2 Å². The van der Waals surface area contributed by atoms with Gasteiger partial charge in [-0.1, -0.05) is 48.0 Å². The van der Waals surface area contributed by atoms with Gasteiger partial charge in [-0.2, -0.15) is 0 Å². The molecule has 2 rings (SSSR count). The summed E-state index contributed by atoms with van der Waals surface area (Å²) in [6.45, 7) is 1.97. The number of carbonyl (C=O) groups is 1. The van der Waals surface area contributed by atoms with Gasteiger partial charge in [-0.15, -0.1) is 0 Å². The van der Waals surface area contributed by atoms with Gasteiger partial charge < -0.3 is 5.11 Å². The molecule has 0 aromatic heterocycles. The van der Waals surface area contributed by atoms with E-state index in [-0.39, 0.29) is 11.0 Å². The Balaban J connectivity index is 1.82. The van der Waals surface area contributed by atoms with Crippen molar-refractivity contribution in [3.05, 3.63) is 71.3 Å². The molecular formula is C16H17N3O2S. The summed E-state index contributed by atoms with van der Waals surface area (Å²) in [6.07, 6.45) is -0.938. The van der Waals surface area contributed by atoms with E-state index in [0.29, 0.717) is 11.1 Å². The molecule has 22 heavy (non-hydrogen) atoms. The molecule has 2 aromatic rings. The lowest BCUT2D eigenvalue weighted by molar-refractivity contribution is 0.0972. The Morgan fingerprint density at radius 2 is 1.73 bits per heavy atom. The number of aliphatic hydroxyl groups excluding tert-OH is 1. The van der Waals surface area contributed by atoms with Gasteiger partial charge in [0.05, 0.1) is 0 Å². The van der Waals surface area contributed by atoms with Gasteiger partial charge in [0.1, 0.15) is 6.23 Å². The Morgan fingerprint density at radius 1 is 1.09 bits per heavy atom. The van der Waals surface area contributed by atoms with Crippen LogP contribution in [0.25, 0.3) is 0 Å². The quantitative estimate of drug-likeness (QED) is 0.393. The number of amides is 1. The highest BCUT2D eigenvalue weighted by Crippen LogP contribution is 2.09. The molecule has 0 aliphatic heterocycles. The molecule has 5 nitrogen and oxygen atoms in total. The Kier molecular flexibility index (Phi) is 5.60. The van der Waals surface area contributed by atoms with E-state index in [2.05, 4.69) is 16.2 Å². The van der Waals surface area contributed by atoms with Crippen molar-refractivity contribution in [3.8, 4) is 0 Å². The summed E-state index contributed by atoms with van der Waals surface area (Å²) in [5.74, 6) is -0.315. The molecule has 0 aliphatic rings. The molecule has 2 aromatic carbocycles. The van der Waals surface area contributed by atoms with Gasteiger partial charge in [0, 0.05) is 5.56 Å². The molecule has 0 bridgehead atoms. The fraction of sp³-hybridized carbons (Fsp3) is 0.125. The van der Waals surface area contributed by atoms with Gasteiger partial charge in [-0.3, -0.25) is 15.5 Å². The Labute approximate surface area is 134 Å². The van der Waals surface area contributed by atoms with Crippen LogP contribution in [-0.4, -0.2) is 16.1 Å². The molecule has 114 valence electrons. The topological polar surface area (TPSA) is 73.4 Å². The lowest BCUT2D eigenvalue weighted by Gasteiger charge is -2.16. The fourth-order valence-corrected chi connectivity index (χ4v) is 1.91. The van der Waals surface area contributed by atoms with Gasteiger partial charge in [0.2, 0.25) is 0 Å². The highest BCUT2D eigenvalue weighted by atomic mass is 32.1. The summed E-state index contributed by atoms with van der Waals surface area (Å²) in [6, 6.07) is 16.1. The predicted octanol–water partition coefficient (Wildman–Crippen LogP) is 1.80. The maximum atomic E-state index is 11.9. The first-order valence-corrected chi connectivity index (χ1v) is 7.13. The number of aliphatic hydroxyl groups is 1. The van der Waals surface area contributed by atoms with Crippen molar-refractivity contribution in [2.45, 2.75) is 13.2 Å². The molecule has 0 spiro atoms. The van der Waals surface area contributed by atoms with Crippen LogP contribution in [0.2, 0.25) is 0 Å². The van der Waals surface area contributed by atoms with Crippen LogP contribution in [0.15, 0.2) is 54.6 Å². The van der Waals surface area contributed by atoms with Crippen LogP contribution >= 0.6 is 12.2 Å². The number of carbonyl (C=O) groups excluding carboxylic acids is 1. The van der Waals surface area contributed by atoms with Gasteiger partial charge in [-0.05, 0) is 36.8 Å². The van der Waals surface area contributed by atoms with Crippen molar-refractivity contribution < 1.29 is 9.90 Å². The first kappa shape index (κ1) is 16.1. The molecule has 0 saturated carbocycles. The second-order valence-electron chi connectivity index (χ2n) is 4.73. The van der Waals surface area contributed by atoms with Crippen molar-refractivity contribution in [3.63, 3.8) is 0 Å². The summed E-state index contributed by atoms with van der Waals surface area (Å²) < 4.78 is 0. The number of aryl methyl sites for hydroxylation is 1. The molecule has 1 atom stereocenters. The third-order valence-corrected chi connectivity index (χ3v) is 3.18. The van der Waals surface area contributed by atoms with Crippen LogP contribution in [0.3, 0.4) is 0 Å². The smallest absolute Gasteiger partial charge is 0.257 e. The van der Waals surface area contributed by atoms with Crippen LogP contribution in [0.5, 0.6) is 0 Å². The number of thiocarbonyl (C=S) groups is 1. The fourth-order valence-electron chi connectivity index (χ4n) is 1.76. The van der Waals surface area contributed by atoms with Crippen LogP contribution in [0, 0.1) is 6.92 Å². The largest absolute Gasteiger partial charge is 0.373 e. The Morgan fingerprint density at radius 3 is 2.36 bits per heavy atom. The molecule has 0 saturated heterocycles. The summed E-state index contributed by atoms with van der Waals surface area (Å²) in [5, 5.41) is 12.6. The Hall–Kier alpha value is -2.28. The van der Waals surface area contributed by atoms with Gasteiger partial charge in [0.15, 0.2) is 5.11 Å². The summed E-state index contributed by atoms with van der Waals surface area (Å²) >= 11 is 5.00. The number of hydrogen-bond acceptors (Lipinski definition) is 4. The molecular weight excluding hydrogens is 298 g/mol. The van der Waals surface area contributed by atoms with Gasteiger partial charge in [0.25, 0.3) is 5.91 Å². The van der Waals surface area contributed by atoms with Crippen molar-refractivity contribution in [1.82, 2.24) is 16.2 Å². The lowest BCUT2D eigenvalue weighted by Crippen LogP contribution is -2.47. The average molecular weight is 315 g/mol. The molecule has 6 heteroatoms. The van der Waals surface area contributed by atoms with E-state index in [1.165, 1.54) is 0 Å². The van der Waals surface area contributed by atoms with Crippen LogP contribution in [0.4, 0.5) is 0 Å². The zero-order valence-electron chi connectivity index (χ0n) is 12.0. The number of nitrogens with one attached hydrogen (secondary N) is 3. The number of rotatable bonds is 4. The van der Waals surface area contributed by atoms with Crippen molar-refractivity contribution >= 4 is 23.2 Å². The first-order chi connectivity index (χ1) is 10.6. The SMILES string of the molecule is Cc1ccc(C(O)NNC(=S)NC(=O)c2ccccc2)cc1. The summed E-state index contributed by atoms with van der Waals surface area (Å²) in [4.78, 5) is 11.9. The molecule has 0 aliphatic carbocycles. The molecule has 4 N–H and O–H groups in total. The van der Waals surface area contributed by atoms with Gasteiger partial charge in [-0.25, -0.2) is 5.43 Å². The van der Waals surface area contributed by atoms with E-state index in [9.17, 15) is 9.90 Å². The second kappa shape index (κ2) is 7.65. The van der Waals surface area contributed by atoms with E-state index >= 15 is 0 Å². The normalized spacial score (nSPS) is 11.5. The van der Waals surface area contributed by atoms with Crippen LogP contribution < -0.4 is 16.2 Å². The zero-order valence-corrected chi connectivity index (χ0v) is 12.9. The number of benzene rings is 2. The molecule has 0 heterocycles. The van der Waals surface area contributed by atoms with Crippen molar-refractivity contribution in [2.75, 3.05) is 0 Å². The maximum absolute atomic E-state index is 11.9. The second-order valence-corrected chi connectivity index (χ2v) is 5.14. The molecule has 1 unspecified atom stereocenters. The minimum Gasteiger partial charge on any atom is -0.373 e. The lowest BCUT2D eigenvalue weighted by atomic mass is 10.1. The third kappa shape index (κ3) is 4.63. The summed E-state index contributed by atoms with van der Waals surface area (Å²) in [5.41, 5.74) is 7.52. The number of hydrogen-bond donors (Lipinski definition) is 4. The first-order valence-electron chi connectivity index (χ1n) is 6.73. The van der Waals surface area contributed by atoms with Crippen LogP contribution in [0.1, 0.15) is 27.7 Å². The molecule has 0 fully saturated rings. The van der Waals surface area contributed by atoms with Crippen molar-refractivity contribution in [1.29, 1.82) is 0 Å². The van der Waals surface area contributed by atoms with E-state index in [1.807, 2.05) is 25.1 Å². The van der Waals surface area contributed by atoms with Crippen molar-refractivity contribution in [2.24, 2.45) is 0 Å². The van der Waals surface area contributed by atoms with Crippen LogP contribution in [-0.2, 0) is 0 Å². The zero-order chi connectivity index (χ0) is 15.9. The van der Waals surface area contributed by atoms with E-state index in [0.717, 1.165) is 5.56 Å². The third-order valence-electron chi connectivity index (χ3n) is 2.98. The highest BCUT2D eigenvalue weighted by molar-refractivity contribution is 7.80. The minimum absolute atomic E-state index is 0.0833. The standard InChI is InChI=1S/C16H17N3O2S/c1-11-7-9-13(10-8-11)15(21)18-19-16(22)17-14(20)12-5-3-2-4-6-12/h2-10,15,18,21H,1H3,(H2,17,19,20,22). The molecule has 0 radical (unpaired) electrons.